The van der Waals surface area contributed by atoms with Crippen molar-refractivity contribution in [3.05, 3.63) is 0 Å². The predicted molar refractivity (Wildman–Crippen MR) is 123 cm³/mol. The quantitative estimate of drug-likeness (QED) is 0.231. The van der Waals surface area contributed by atoms with Crippen LogP contribution >= 0.6 is 24.0 Å². The molecular weight excluding hydrogens is 479 g/mol. The van der Waals surface area contributed by atoms with Crippen molar-refractivity contribution in [2.75, 3.05) is 52.1 Å². The van der Waals surface area contributed by atoms with Crippen molar-refractivity contribution in [2.24, 2.45) is 10.4 Å². The fourth-order valence-electron chi connectivity index (χ4n) is 2.85. The minimum atomic E-state index is -3.25. The van der Waals surface area contributed by atoms with Gasteiger partial charge in [0, 0.05) is 39.8 Å². The van der Waals surface area contributed by atoms with Crippen LogP contribution in [0.1, 0.15) is 47.5 Å². The van der Waals surface area contributed by atoms with Crippen LogP contribution in [0.4, 0.5) is 0 Å². The second kappa shape index (κ2) is 12.4. The van der Waals surface area contributed by atoms with Crippen molar-refractivity contribution < 1.29 is 13.2 Å². The molecular formula is C18H39IN4O3S. The third-order valence-corrected chi connectivity index (χ3v) is 6.16. The van der Waals surface area contributed by atoms with Gasteiger partial charge in [-0.05, 0) is 32.1 Å². The third-order valence-electron chi connectivity index (χ3n) is 4.32. The highest BCUT2D eigenvalue weighted by molar-refractivity contribution is 14.0. The summed E-state index contributed by atoms with van der Waals surface area (Å²) in [6.45, 7) is 14.0. The number of guanidine groups is 1. The second-order valence-electron chi connectivity index (χ2n) is 8.26. The Labute approximate surface area is 183 Å². The van der Waals surface area contributed by atoms with Crippen molar-refractivity contribution in [3.63, 3.8) is 0 Å². The highest BCUT2D eigenvalue weighted by Gasteiger charge is 2.27. The lowest BCUT2D eigenvalue weighted by atomic mass is 9.91. The maximum atomic E-state index is 12.4. The normalized spacial score (nSPS) is 17.1. The van der Waals surface area contributed by atoms with E-state index in [9.17, 15) is 8.42 Å². The topological polar surface area (TPSA) is 74.2 Å². The molecule has 1 saturated heterocycles. The van der Waals surface area contributed by atoms with Gasteiger partial charge in [-0.25, -0.2) is 8.42 Å². The number of nitrogens with one attached hydrogen (secondary N) is 1. The van der Waals surface area contributed by atoms with Crippen LogP contribution in [0.2, 0.25) is 0 Å². The zero-order chi connectivity index (χ0) is 19.8. The SMILES string of the molecule is CN=C(NCCCC(C)(C)C)N1CCN(S(=O)(=O)CCOC(C)C)CC1.I. The molecule has 0 saturated carbocycles. The molecule has 0 unspecified atom stereocenters. The molecule has 0 atom stereocenters. The number of aliphatic imine (C=N–C) groups is 1. The van der Waals surface area contributed by atoms with Gasteiger partial charge in [0.05, 0.1) is 18.5 Å². The Kier molecular flexibility index (Phi) is 12.4. The van der Waals surface area contributed by atoms with Gasteiger partial charge in [0.2, 0.25) is 10.0 Å². The van der Waals surface area contributed by atoms with E-state index in [1.54, 1.807) is 11.4 Å². The molecule has 1 heterocycles. The molecule has 1 fully saturated rings. The van der Waals surface area contributed by atoms with Gasteiger partial charge >= 0.3 is 0 Å². The summed E-state index contributed by atoms with van der Waals surface area (Å²) in [6, 6.07) is 0. The standard InChI is InChI=1S/C18H38N4O3S.HI/c1-16(2)25-14-15-26(23,24)22-12-10-21(11-13-22)17(19-6)20-9-7-8-18(3,4)5;/h16H,7-15H2,1-6H3,(H,19,20);1H. The lowest BCUT2D eigenvalue weighted by molar-refractivity contribution is 0.0904. The number of nitrogens with zero attached hydrogens (tertiary/aromatic N) is 3. The van der Waals surface area contributed by atoms with Gasteiger partial charge in [-0.3, -0.25) is 4.99 Å². The average Bonchev–Trinajstić information content (AvgIpc) is 2.53. The van der Waals surface area contributed by atoms with E-state index in [0.717, 1.165) is 25.3 Å². The van der Waals surface area contributed by atoms with Crippen LogP contribution in [-0.2, 0) is 14.8 Å². The van der Waals surface area contributed by atoms with E-state index in [1.165, 1.54) is 0 Å². The fourth-order valence-corrected chi connectivity index (χ4v) is 4.13. The molecule has 162 valence electrons. The lowest BCUT2D eigenvalue weighted by Crippen LogP contribution is -2.54. The van der Waals surface area contributed by atoms with Crippen LogP contribution in [0.15, 0.2) is 4.99 Å². The van der Waals surface area contributed by atoms with E-state index in [-0.39, 0.29) is 42.4 Å². The molecule has 1 aliphatic rings. The Morgan fingerprint density at radius 1 is 1.19 bits per heavy atom. The van der Waals surface area contributed by atoms with E-state index in [4.69, 9.17) is 4.74 Å². The molecule has 0 aliphatic carbocycles. The van der Waals surface area contributed by atoms with E-state index < -0.39 is 10.0 Å². The summed E-state index contributed by atoms with van der Waals surface area (Å²) < 4.78 is 31.7. The van der Waals surface area contributed by atoms with Gasteiger partial charge in [-0.1, -0.05) is 20.8 Å². The fraction of sp³-hybridized carbons (Fsp3) is 0.944. The summed E-state index contributed by atoms with van der Waals surface area (Å²) in [4.78, 5) is 6.48. The van der Waals surface area contributed by atoms with Crippen LogP contribution in [-0.4, -0.2) is 81.8 Å². The molecule has 0 aromatic rings. The molecule has 1 rings (SSSR count). The van der Waals surface area contributed by atoms with Crippen LogP contribution < -0.4 is 5.32 Å². The van der Waals surface area contributed by atoms with Gasteiger partial charge < -0.3 is 15.0 Å². The summed E-state index contributed by atoms with van der Waals surface area (Å²) >= 11 is 0. The van der Waals surface area contributed by atoms with Crippen molar-refractivity contribution in [1.29, 1.82) is 0 Å². The van der Waals surface area contributed by atoms with Crippen molar-refractivity contribution in [3.8, 4) is 0 Å². The van der Waals surface area contributed by atoms with Crippen molar-refractivity contribution >= 4 is 40.0 Å². The Balaban J connectivity index is 0.00000676. The molecule has 0 aromatic carbocycles. The smallest absolute Gasteiger partial charge is 0.216 e. The van der Waals surface area contributed by atoms with E-state index >= 15 is 0 Å². The minimum absolute atomic E-state index is 0. The zero-order valence-corrected chi connectivity index (χ0v) is 21.0. The number of halogens is 1. The number of sulfonamides is 1. The first kappa shape index (κ1) is 26.9. The van der Waals surface area contributed by atoms with Gasteiger partial charge in [-0.2, -0.15) is 4.31 Å². The summed E-state index contributed by atoms with van der Waals surface area (Å²) in [5, 5.41) is 3.40. The summed E-state index contributed by atoms with van der Waals surface area (Å²) in [6.07, 6.45) is 2.29. The Morgan fingerprint density at radius 2 is 1.78 bits per heavy atom. The Hall–Kier alpha value is -0.130. The second-order valence-corrected chi connectivity index (χ2v) is 10.3. The third kappa shape index (κ3) is 10.8. The first-order valence-electron chi connectivity index (χ1n) is 9.60. The van der Waals surface area contributed by atoms with E-state index in [1.807, 2.05) is 13.8 Å². The van der Waals surface area contributed by atoms with Gasteiger partial charge in [0.25, 0.3) is 0 Å². The number of hydrogen-bond acceptors (Lipinski definition) is 4. The number of rotatable bonds is 8. The average molecular weight is 519 g/mol. The molecule has 7 nitrogen and oxygen atoms in total. The van der Waals surface area contributed by atoms with E-state index in [0.29, 0.717) is 31.6 Å². The van der Waals surface area contributed by atoms with Crippen LogP contribution in [0, 0.1) is 5.41 Å². The molecule has 1 N–H and O–H groups in total. The number of hydrogen-bond donors (Lipinski definition) is 1. The molecule has 1 aliphatic heterocycles. The van der Waals surface area contributed by atoms with Gasteiger partial charge in [0.15, 0.2) is 5.96 Å². The summed E-state index contributed by atoms with van der Waals surface area (Å²) in [7, 11) is -1.47. The molecule has 0 spiro atoms. The number of ether oxygens (including phenoxy) is 1. The molecule has 9 heteroatoms. The predicted octanol–water partition coefficient (Wildman–Crippen LogP) is 2.38. The highest BCUT2D eigenvalue weighted by atomic mass is 127. The largest absolute Gasteiger partial charge is 0.378 e. The maximum Gasteiger partial charge on any atom is 0.216 e. The summed E-state index contributed by atoms with van der Waals surface area (Å²) in [5.41, 5.74) is 0.338. The maximum absolute atomic E-state index is 12.4. The zero-order valence-electron chi connectivity index (χ0n) is 17.8. The van der Waals surface area contributed by atoms with Gasteiger partial charge in [-0.15, -0.1) is 24.0 Å². The van der Waals surface area contributed by atoms with Crippen LogP contribution in [0.25, 0.3) is 0 Å². The van der Waals surface area contributed by atoms with Crippen molar-refractivity contribution in [2.45, 2.75) is 53.6 Å². The summed E-state index contributed by atoms with van der Waals surface area (Å²) in [5.74, 6) is 0.907. The first-order chi connectivity index (χ1) is 12.0. The highest BCUT2D eigenvalue weighted by Crippen LogP contribution is 2.19. The number of piperazine rings is 1. The molecule has 27 heavy (non-hydrogen) atoms. The first-order valence-corrected chi connectivity index (χ1v) is 11.2. The van der Waals surface area contributed by atoms with Gasteiger partial charge in [0.1, 0.15) is 0 Å². The minimum Gasteiger partial charge on any atom is -0.378 e. The lowest BCUT2D eigenvalue weighted by Gasteiger charge is -2.36. The monoisotopic (exact) mass is 518 g/mol. The Bertz CT molecular complexity index is 539. The Morgan fingerprint density at radius 3 is 2.26 bits per heavy atom. The van der Waals surface area contributed by atoms with E-state index in [2.05, 4.69) is 36.0 Å². The van der Waals surface area contributed by atoms with Crippen LogP contribution in [0.3, 0.4) is 0 Å². The molecule has 0 bridgehead atoms. The molecule has 0 amide bonds. The van der Waals surface area contributed by atoms with Crippen LogP contribution in [0.5, 0.6) is 0 Å². The molecule has 0 radical (unpaired) electrons. The van der Waals surface area contributed by atoms with Crippen molar-refractivity contribution in [1.82, 2.24) is 14.5 Å². The molecule has 0 aromatic heterocycles.